The van der Waals surface area contributed by atoms with Crippen molar-refractivity contribution in [3.8, 4) is 0 Å². The Balaban J connectivity index is 1.50. The van der Waals surface area contributed by atoms with Crippen LogP contribution in [0.25, 0.3) is 0 Å². The van der Waals surface area contributed by atoms with Crippen LogP contribution in [-0.4, -0.2) is 49.7 Å². The van der Waals surface area contributed by atoms with Crippen molar-refractivity contribution in [3.63, 3.8) is 0 Å². The molecule has 7 heteroatoms. The molecule has 2 aromatic rings. The molecule has 0 atom stereocenters. The van der Waals surface area contributed by atoms with Crippen molar-refractivity contribution in [3.05, 3.63) is 53.5 Å². The number of amides is 1. The predicted molar refractivity (Wildman–Crippen MR) is 96.5 cm³/mol. The van der Waals surface area contributed by atoms with E-state index in [0.29, 0.717) is 43.3 Å². The molecule has 0 spiro atoms. The summed E-state index contributed by atoms with van der Waals surface area (Å²) in [7, 11) is -3.54. The summed E-state index contributed by atoms with van der Waals surface area (Å²) >= 11 is 0. The van der Waals surface area contributed by atoms with Gasteiger partial charge in [0, 0.05) is 26.2 Å². The summed E-state index contributed by atoms with van der Waals surface area (Å²) in [5.74, 6) is 0.103. The van der Waals surface area contributed by atoms with Crippen molar-refractivity contribution in [1.29, 1.82) is 0 Å². The lowest BCUT2D eigenvalue weighted by Crippen LogP contribution is -2.37. The third kappa shape index (κ3) is 3.17. The maximum atomic E-state index is 13.0. The Morgan fingerprint density at radius 1 is 0.962 bits per heavy atom. The second-order valence-corrected chi connectivity index (χ2v) is 8.75. The van der Waals surface area contributed by atoms with Crippen LogP contribution in [0.15, 0.2) is 45.9 Å². The molecule has 4 rings (SSSR count). The number of carbonyl (C=O) groups is 1. The minimum atomic E-state index is -3.54. The van der Waals surface area contributed by atoms with Gasteiger partial charge in [-0.05, 0) is 61.1 Å². The van der Waals surface area contributed by atoms with Gasteiger partial charge in [-0.1, -0.05) is 6.07 Å². The standard InChI is InChI=1S/C19H22N2O4S/c22-19(18-6-2-13-25-18)20-9-3-10-21(12-11-20)26(23,24)17-8-7-15-4-1-5-16(15)14-17/h2,6-8,13-14H,1,3-5,9-12H2. The summed E-state index contributed by atoms with van der Waals surface area (Å²) in [6.07, 6.45) is 5.14. The number of nitrogens with zero attached hydrogens (tertiary/aromatic N) is 2. The average Bonchev–Trinajstić information content (AvgIpc) is 3.27. The number of fused-ring (bicyclic) bond motifs is 1. The molecule has 1 aliphatic carbocycles. The Labute approximate surface area is 153 Å². The van der Waals surface area contributed by atoms with Crippen molar-refractivity contribution in [1.82, 2.24) is 9.21 Å². The minimum absolute atomic E-state index is 0.188. The first-order chi connectivity index (χ1) is 12.6. The molecule has 1 fully saturated rings. The average molecular weight is 374 g/mol. The van der Waals surface area contributed by atoms with E-state index in [1.165, 1.54) is 16.1 Å². The van der Waals surface area contributed by atoms with Gasteiger partial charge in [-0.15, -0.1) is 0 Å². The van der Waals surface area contributed by atoms with E-state index >= 15 is 0 Å². The zero-order valence-corrected chi connectivity index (χ0v) is 15.4. The number of hydrogen-bond acceptors (Lipinski definition) is 4. The van der Waals surface area contributed by atoms with Crippen LogP contribution in [0.5, 0.6) is 0 Å². The third-order valence-corrected chi connectivity index (χ3v) is 7.08. The first-order valence-corrected chi connectivity index (χ1v) is 10.4. The van der Waals surface area contributed by atoms with Crippen LogP contribution in [-0.2, 0) is 22.9 Å². The van der Waals surface area contributed by atoms with E-state index in [1.807, 2.05) is 12.1 Å². The van der Waals surface area contributed by atoms with Crippen LogP contribution in [0.4, 0.5) is 0 Å². The fourth-order valence-corrected chi connectivity index (χ4v) is 5.27. The second-order valence-electron chi connectivity index (χ2n) is 6.81. The number of benzene rings is 1. The number of hydrogen-bond donors (Lipinski definition) is 0. The molecule has 6 nitrogen and oxygen atoms in total. The molecule has 0 radical (unpaired) electrons. The van der Waals surface area contributed by atoms with Gasteiger partial charge in [0.1, 0.15) is 0 Å². The SMILES string of the molecule is O=C(c1ccco1)N1CCCN(S(=O)(=O)c2ccc3c(c2)CCC3)CC1. The van der Waals surface area contributed by atoms with Gasteiger partial charge >= 0.3 is 0 Å². The van der Waals surface area contributed by atoms with Crippen molar-refractivity contribution in [2.24, 2.45) is 0 Å². The second kappa shape index (κ2) is 6.89. The van der Waals surface area contributed by atoms with Crippen LogP contribution in [0.3, 0.4) is 0 Å². The normalized spacial score (nSPS) is 18.5. The quantitative estimate of drug-likeness (QED) is 0.827. The van der Waals surface area contributed by atoms with Crippen LogP contribution < -0.4 is 0 Å². The Kier molecular flexibility index (Phi) is 4.58. The molecule has 0 bridgehead atoms. The van der Waals surface area contributed by atoms with E-state index in [9.17, 15) is 13.2 Å². The Morgan fingerprint density at radius 3 is 2.62 bits per heavy atom. The van der Waals surface area contributed by atoms with E-state index in [-0.39, 0.29) is 5.91 Å². The molecular weight excluding hydrogens is 352 g/mol. The highest BCUT2D eigenvalue weighted by Gasteiger charge is 2.29. The number of rotatable bonds is 3. The van der Waals surface area contributed by atoms with Gasteiger partial charge in [-0.3, -0.25) is 4.79 Å². The Morgan fingerprint density at radius 2 is 1.81 bits per heavy atom. The topological polar surface area (TPSA) is 70.8 Å². The number of aryl methyl sites for hydroxylation is 2. The molecule has 2 heterocycles. The van der Waals surface area contributed by atoms with Gasteiger partial charge < -0.3 is 9.32 Å². The monoisotopic (exact) mass is 374 g/mol. The fourth-order valence-electron chi connectivity index (χ4n) is 3.75. The lowest BCUT2D eigenvalue weighted by molar-refractivity contribution is 0.0732. The summed E-state index contributed by atoms with van der Waals surface area (Å²) in [4.78, 5) is 14.5. The van der Waals surface area contributed by atoms with Crippen LogP contribution in [0, 0.1) is 0 Å². The first kappa shape index (κ1) is 17.3. The molecule has 1 saturated heterocycles. The van der Waals surface area contributed by atoms with E-state index < -0.39 is 10.0 Å². The fraction of sp³-hybridized carbons (Fsp3) is 0.421. The molecule has 1 aromatic carbocycles. The summed E-state index contributed by atoms with van der Waals surface area (Å²) < 4.78 is 32.8. The lowest BCUT2D eigenvalue weighted by Gasteiger charge is -2.21. The molecule has 138 valence electrons. The highest BCUT2D eigenvalue weighted by molar-refractivity contribution is 7.89. The Bertz CT molecular complexity index is 906. The van der Waals surface area contributed by atoms with Crippen molar-refractivity contribution in [2.75, 3.05) is 26.2 Å². The van der Waals surface area contributed by atoms with Gasteiger partial charge in [0.25, 0.3) is 5.91 Å². The number of furan rings is 1. The highest BCUT2D eigenvalue weighted by Crippen LogP contribution is 2.26. The van der Waals surface area contributed by atoms with Crippen molar-refractivity contribution in [2.45, 2.75) is 30.6 Å². The van der Waals surface area contributed by atoms with E-state index in [0.717, 1.165) is 24.8 Å². The van der Waals surface area contributed by atoms with Crippen molar-refractivity contribution < 1.29 is 17.6 Å². The molecule has 0 saturated carbocycles. The van der Waals surface area contributed by atoms with Crippen LogP contribution in [0.2, 0.25) is 0 Å². The maximum absolute atomic E-state index is 13.0. The van der Waals surface area contributed by atoms with Crippen molar-refractivity contribution >= 4 is 15.9 Å². The van der Waals surface area contributed by atoms with Gasteiger partial charge in [-0.2, -0.15) is 4.31 Å². The summed E-state index contributed by atoms with van der Waals surface area (Å²) in [5.41, 5.74) is 2.41. The predicted octanol–water partition coefficient (Wildman–Crippen LogP) is 2.31. The largest absolute Gasteiger partial charge is 0.459 e. The van der Waals surface area contributed by atoms with Crippen LogP contribution in [0.1, 0.15) is 34.5 Å². The Hall–Kier alpha value is -2.12. The minimum Gasteiger partial charge on any atom is -0.459 e. The third-order valence-electron chi connectivity index (χ3n) is 5.18. The summed E-state index contributed by atoms with van der Waals surface area (Å²) in [5, 5.41) is 0. The van der Waals surface area contributed by atoms with E-state index in [2.05, 4.69) is 0 Å². The molecule has 2 aliphatic rings. The molecule has 1 aliphatic heterocycles. The maximum Gasteiger partial charge on any atom is 0.289 e. The van der Waals surface area contributed by atoms with Gasteiger partial charge in [0.15, 0.2) is 5.76 Å². The molecular formula is C19H22N2O4S. The van der Waals surface area contributed by atoms with E-state index in [1.54, 1.807) is 23.1 Å². The molecule has 26 heavy (non-hydrogen) atoms. The van der Waals surface area contributed by atoms with Gasteiger partial charge in [0.05, 0.1) is 11.2 Å². The molecule has 0 N–H and O–H groups in total. The van der Waals surface area contributed by atoms with Gasteiger partial charge in [0.2, 0.25) is 10.0 Å². The molecule has 0 unspecified atom stereocenters. The zero-order chi connectivity index (χ0) is 18.1. The van der Waals surface area contributed by atoms with E-state index in [4.69, 9.17) is 4.42 Å². The summed E-state index contributed by atoms with van der Waals surface area (Å²) in [6.45, 7) is 1.60. The number of sulfonamides is 1. The van der Waals surface area contributed by atoms with Crippen LogP contribution >= 0.6 is 0 Å². The first-order valence-electron chi connectivity index (χ1n) is 9.00. The number of carbonyl (C=O) groups excluding carboxylic acids is 1. The highest BCUT2D eigenvalue weighted by atomic mass is 32.2. The zero-order valence-electron chi connectivity index (χ0n) is 14.6. The van der Waals surface area contributed by atoms with Gasteiger partial charge in [-0.25, -0.2) is 8.42 Å². The molecule has 1 aromatic heterocycles. The lowest BCUT2D eigenvalue weighted by atomic mass is 10.1. The molecule has 1 amide bonds. The smallest absolute Gasteiger partial charge is 0.289 e. The summed E-state index contributed by atoms with van der Waals surface area (Å²) in [6, 6.07) is 8.80.